The Morgan fingerprint density at radius 1 is 1.43 bits per heavy atom. The summed E-state index contributed by atoms with van der Waals surface area (Å²) in [4.78, 5) is 4.10. The van der Waals surface area contributed by atoms with Crippen LogP contribution in [-0.4, -0.2) is 19.0 Å². The summed E-state index contributed by atoms with van der Waals surface area (Å²) in [5.41, 5.74) is 0.243. The standard InChI is InChI=1S/C9H9Cl2N3/c10-6-2-1-3-7(11)8(6)14-9-12-4-5-13-9/h1-3H,4-5H2,(H2,12,13,14)/i1T,2T,3T. The van der Waals surface area contributed by atoms with E-state index in [9.17, 15) is 0 Å². The second-order valence-electron chi connectivity index (χ2n) is 2.66. The third-order valence-corrected chi connectivity index (χ3v) is 2.27. The summed E-state index contributed by atoms with van der Waals surface area (Å²) < 4.78 is 22.7. The van der Waals surface area contributed by atoms with Crippen LogP contribution in [0.3, 0.4) is 0 Å². The lowest BCUT2D eigenvalue weighted by Gasteiger charge is -2.09. The predicted octanol–water partition coefficient (Wildman–Crippen LogP) is 2.36. The minimum Gasteiger partial charge on any atom is -0.354 e. The van der Waals surface area contributed by atoms with E-state index in [0.29, 0.717) is 12.5 Å². The molecule has 0 radical (unpaired) electrons. The first-order chi connectivity index (χ1) is 8.02. The average molecular weight is 236 g/mol. The number of hydrogen-bond donors (Lipinski definition) is 2. The number of nitrogens with zero attached hydrogens (tertiary/aromatic N) is 1. The number of hydrogen-bond acceptors (Lipinski definition) is 3. The molecule has 2 N–H and O–H groups in total. The third kappa shape index (κ3) is 1.94. The fourth-order valence-corrected chi connectivity index (χ4v) is 1.50. The van der Waals surface area contributed by atoms with E-state index >= 15 is 0 Å². The summed E-state index contributed by atoms with van der Waals surface area (Å²) in [6.45, 7) is 1.37. The van der Waals surface area contributed by atoms with Gasteiger partial charge in [-0.15, -0.1) is 0 Å². The molecule has 1 aliphatic rings. The van der Waals surface area contributed by atoms with E-state index in [-0.39, 0.29) is 33.9 Å². The molecule has 2 rings (SSSR count). The smallest absolute Gasteiger partial charge is 0.196 e. The van der Waals surface area contributed by atoms with Gasteiger partial charge >= 0.3 is 0 Å². The first-order valence-electron chi connectivity index (χ1n) is 5.52. The molecule has 1 aromatic carbocycles. The van der Waals surface area contributed by atoms with E-state index in [1.807, 2.05) is 0 Å². The monoisotopic (exact) mass is 235 g/mol. The average Bonchev–Trinajstić information content (AvgIpc) is 2.82. The molecule has 14 heavy (non-hydrogen) atoms. The lowest BCUT2D eigenvalue weighted by atomic mass is 10.3. The number of halogens is 2. The van der Waals surface area contributed by atoms with Gasteiger partial charge in [0.25, 0.3) is 0 Å². The van der Waals surface area contributed by atoms with Crippen LogP contribution < -0.4 is 10.6 Å². The summed E-state index contributed by atoms with van der Waals surface area (Å²) >= 11 is 11.9. The van der Waals surface area contributed by atoms with Gasteiger partial charge in [-0.3, -0.25) is 4.99 Å². The van der Waals surface area contributed by atoms with Gasteiger partial charge in [0.1, 0.15) is 0 Å². The van der Waals surface area contributed by atoms with E-state index < -0.39 is 0 Å². The molecule has 0 saturated carbocycles. The van der Waals surface area contributed by atoms with Gasteiger partial charge in [-0.25, -0.2) is 0 Å². The van der Waals surface area contributed by atoms with Crippen molar-refractivity contribution in [3.05, 3.63) is 28.2 Å². The largest absolute Gasteiger partial charge is 0.354 e. The van der Waals surface area contributed by atoms with Crippen LogP contribution in [0.1, 0.15) is 4.11 Å². The lowest BCUT2D eigenvalue weighted by molar-refractivity contribution is 0.959. The van der Waals surface area contributed by atoms with Crippen molar-refractivity contribution < 1.29 is 4.11 Å². The van der Waals surface area contributed by atoms with Crippen LogP contribution in [0.15, 0.2) is 23.1 Å². The molecule has 0 saturated heterocycles. The Kier molecular flexibility index (Phi) is 1.90. The number of benzene rings is 1. The fourth-order valence-electron chi connectivity index (χ4n) is 1.07. The Morgan fingerprint density at radius 3 is 2.71 bits per heavy atom. The zero-order valence-electron chi connectivity index (χ0n) is 10.1. The highest BCUT2D eigenvalue weighted by Gasteiger charge is 2.09. The van der Waals surface area contributed by atoms with Crippen molar-refractivity contribution in [3.8, 4) is 0 Å². The molecule has 3 nitrogen and oxygen atoms in total. The fraction of sp³-hybridized carbons (Fsp3) is 0.222. The first kappa shape index (κ1) is 6.53. The molecule has 1 aromatic rings. The molecule has 0 spiro atoms. The van der Waals surface area contributed by atoms with Gasteiger partial charge in [0, 0.05) is 6.54 Å². The molecule has 0 amide bonds. The molecule has 0 aliphatic carbocycles. The van der Waals surface area contributed by atoms with Gasteiger partial charge in [-0.1, -0.05) is 29.2 Å². The Balaban J connectivity index is 2.46. The molecule has 0 bridgehead atoms. The van der Waals surface area contributed by atoms with Crippen LogP contribution in [0.4, 0.5) is 5.69 Å². The number of aliphatic imine (C=N–C) groups is 1. The van der Waals surface area contributed by atoms with Crippen molar-refractivity contribution in [2.45, 2.75) is 0 Å². The van der Waals surface area contributed by atoms with Gasteiger partial charge in [0.15, 0.2) is 5.96 Å². The summed E-state index contributed by atoms with van der Waals surface area (Å²) in [6, 6.07) is -0.726. The summed E-state index contributed by atoms with van der Waals surface area (Å²) in [6.07, 6.45) is 0. The Bertz CT molecular complexity index is 476. The van der Waals surface area contributed by atoms with E-state index in [1.165, 1.54) is 0 Å². The molecule has 1 heterocycles. The number of guanidine groups is 1. The maximum Gasteiger partial charge on any atom is 0.196 e. The van der Waals surface area contributed by atoms with Crippen LogP contribution in [0.2, 0.25) is 10.0 Å². The van der Waals surface area contributed by atoms with E-state index in [1.54, 1.807) is 0 Å². The molecule has 0 unspecified atom stereocenters. The van der Waals surface area contributed by atoms with Crippen molar-refractivity contribution in [3.63, 3.8) is 0 Å². The lowest BCUT2D eigenvalue weighted by Crippen LogP contribution is -2.26. The Labute approximate surface area is 96.3 Å². The van der Waals surface area contributed by atoms with Gasteiger partial charge in [0.2, 0.25) is 0 Å². The molecule has 74 valence electrons. The number of rotatable bonds is 1. The minimum absolute atomic E-state index is 0.0207. The molecular formula is C9H9Cl2N3. The molecular weight excluding hydrogens is 221 g/mol. The number of para-hydroxylation sites is 1. The molecule has 5 heteroatoms. The first-order valence-corrected chi connectivity index (χ1v) is 4.78. The Hall–Kier alpha value is -0.930. The summed E-state index contributed by atoms with van der Waals surface area (Å²) in [7, 11) is 0. The second-order valence-corrected chi connectivity index (χ2v) is 3.42. The van der Waals surface area contributed by atoms with Crippen LogP contribution in [-0.2, 0) is 0 Å². The molecule has 1 aliphatic heterocycles. The molecule has 0 atom stereocenters. The van der Waals surface area contributed by atoms with E-state index in [2.05, 4.69) is 15.6 Å². The second kappa shape index (κ2) is 4.07. The van der Waals surface area contributed by atoms with Gasteiger partial charge in [-0.2, -0.15) is 0 Å². The maximum absolute atomic E-state index is 7.60. The highest BCUT2D eigenvalue weighted by Crippen LogP contribution is 2.29. The van der Waals surface area contributed by atoms with Crippen LogP contribution in [0.25, 0.3) is 0 Å². The van der Waals surface area contributed by atoms with Crippen LogP contribution >= 0.6 is 23.2 Å². The van der Waals surface area contributed by atoms with E-state index in [0.717, 1.165) is 6.54 Å². The van der Waals surface area contributed by atoms with E-state index in [4.69, 9.17) is 27.3 Å². The van der Waals surface area contributed by atoms with Crippen molar-refractivity contribution >= 4 is 34.8 Å². The summed E-state index contributed by atoms with van der Waals surface area (Å²) in [5.74, 6) is 0.505. The number of nitrogens with one attached hydrogen (secondary N) is 2. The Morgan fingerprint density at radius 2 is 2.14 bits per heavy atom. The third-order valence-electron chi connectivity index (χ3n) is 1.70. The van der Waals surface area contributed by atoms with Crippen molar-refractivity contribution in [2.75, 3.05) is 18.4 Å². The van der Waals surface area contributed by atoms with Gasteiger partial charge in [-0.05, 0) is 12.1 Å². The maximum atomic E-state index is 7.60. The minimum atomic E-state index is -0.285. The van der Waals surface area contributed by atoms with Gasteiger partial charge < -0.3 is 10.6 Å². The van der Waals surface area contributed by atoms with Crippen molar-refractivity contribution in [2.24, 2.45) is 4.99 Å². The molecule has 0 fully saturated rings. The highest BCUT2D eigenvalue weighted by molar-refractivity contribution is 6.39. The summed E-state index contributed by atoms with van der Waals surface area (Å²) in [5, 5.41) is 5.84. The van der Waals surface area contributed by atoms with Crippen molar-refractivity contribution in [1.82, 2.24) is 5.32 Å². The van der Waals surface area contributed by atoms with Crippen molar-refractivity contribution in [1.29, 1.82) is 0 Å². The van der Waals surface area contributed by atoms with Crippen LogP contribution in [0.5, 0.6) is 0 Å². The quantitative estimate of drug-likeness (QED) is 0.785. The van der Waals surface area contributed by atoms with Gasteiger partial charge in [0.05, 0.1) is 26.4 Å². The SMILES string of the molecule is [3H]c1c([3H])c(Cl)c(NC2=NCCN2)c(Cl)c1[3H]. The molecule has 0 aromatic heterocycles. The van der Waals surface area contributed by atoms with Crippen LogP contribution in [0, 0.1) is 0 Å². The topological polar surface area (TPSA) is 36.4 Å². The predicted molar refractivity (Wildman–Crippen MR) is 60.4 cm³/mol. The zero-order chi connectivity index (χ0) is 12.6. The zero-order valence-corrected chi connectivity index (χ0v) is 8.63. The highest BCUT2D eigenvalue weighted by atomic mass is 35.5. The number of anilines is 1. The normalized spacial score (nSPS) is 17.9.